The lowest BCUT2D eigenvalue weighted by Crippen LogP contribution is -2.18. The number of ether oxygens (including phenoxy) is 1. The van der Waals surface area contributed by atoms with E-state index in [9.17, 15) is 35.9 Å². The Morgan fingerprint density at radius 2 is 1.82 bits per heavy atom. The zero-order valence-corrected chi connectivity index (χ0v) is 17.4. The first kappa shape index (κ1) is 23.4. The summed E-state index contributed by atoms with van der Waals surface area (Å²) in [7, 11) is 0. The molecule has 1 aliphatic rings. The summed E-state index contributed by atoms with van der Waals surface area (Å²) in [6.07, 6.45) is -4.56. The summed E-state index contributed by atoms with van der Waals surface area (Å²) in [5.74, 6) is -7.26. The topological polar surface area (TPSA) is 71.2 Å². The van der Waals surface area contributed by atoms with Crippen LogP contribution in [-0.4, -0.2) is 16.8 Å². The summed E-state index contributed by atoms with van der Waals surface area (Å²) in [6, 6.07) is 6.83. The van der Waals surface area contributed by atoms with E-state index in [0.717, 1.165) is 24.3 Å². The third kappa shape index (κ3) is 4.78. The van der Waals surface area contributed by atoms with Gasteiger partial charge in [-0.2, -0.15) is 13.2 Å². The van der Waals surface area contributed by atoms with Crippen LogP contribution in [0.1, 0.15) is 39.4 Å². The molecule has 1 fully saturated rings. The Balaban J connectivity index is 1.84. The van der Waals surface area contributed by atoms with Crippen LogP contribution in [0.15, 0.2) is 53.5 Å². The number of hydrogen-bond acceptors (Lipinski definition) is 3. The molecule has 0 spiro atoms. The van der Waals surface area contributed by atoms with Crippen molar-refractivity contribution in [3.05, 3.63) is 87.1 Å². The molecule has 1 atom stereocenters. The Bertz CT molecular complexity index is 1330. The summed E-state index contributed by atoms with van der Waals surface area (Å²) in [5, 5.41) is 2.35. The van der Waals surface area contributed by atoms with Gasteiger partial charge in [0.05, 0.1) is 17.0 Å². The van der Waals surface area contributed by atoms with Crippen LogP contribution in [0, 0.1) is 12.7 Å². The lowest BCUT2D eigenvalue weighted by atomic mass is 9.97. The lowest BCUT2D eigenvalue weighted by Gasteiger charge is -2.19. The number of anilines is 1. The average Bonchev–Trinajstić information content (AvgIpc) is 3.37. The van der Waals surface area contributed by atoms with Gasteiger partial charge in [-0.15, -0.1) is 0 Å². The van der Waals surface area contributed by atoms with Gasteiger partial charge in [-0.3, -0.25) is 9.59 Å². The fraction of sp³-hybridized carbons (Fsp3) is 0.217. The molecule has 1 aromatic heterocycles. The zero-order chi connectivity index (χ0) is 24.8. The Morgan fingerprint density at radius 3 is 2.41 bits per heavy atom. The van der Waals surface area contributed by atoms with E-state index in [-0.39, 0.29) is 17.0 Å². The molecule has 2 aromatic carbocycles. The van der Waals surface area contributed by atoms with Gasteiger partial charge in [0.1, 0.15) is 17.3 Å². The number of carbonyl (C=O) groups is 1. The normalized spacial score (nSPS) is 16.7. The molecular formula is C23H16F6N2O3. The van der Waals surface area contributed by atoms with E-state index in [1.807, 2.05) is 0 Å². The molecule has 1 saturated carbocycles. The van der Waals surface area contributed by atoms with Crippen LogP contribution in [0.25, 0.3) is 0 Å². The molecule has 34 heavy (non-hydrogen) atoms. The van der Waals surface area contributed by atoms with Crippen molar-refractivity contribution in [2.45, 2.75) is 31.4 Å². The first-order chi connectivity index (χ1) is 15.8. The number of aromatic nitrogens is 1. The fourth-order valence-electron chi connectivity index (χ4n) is 3.51. The number of aryl methyl sites for hydroxylation is 1. The molecule has 0 radical (unpaired) electrons. The van der Waals surface area contributed by atoms with Gasteiger partial charge >= 0.3 is 6.18 Å². The molecule has 178 valence electrons. The first-order valence-corrected chi connectivity index (χ1v) is 9.92. The summed E-state index contributed by atoms with van der Waals surface area (Å²) < 4.78 is 87.8. The largest absolute Gasteiger partial charge is 0.456 e. The number of rotatable bonds is 5. The van der Waals surface area contributed by atoms with E-state index in [0.29, 0.717) is 6.07 Å². The van der Waals surface area contributed by atoms with E-state index in [4.69, 9.17) is 4.74 Å². The highest BCUT2D eigenvalue weighted by Crippen LogP contribution is 2.58. The Labute approximate surface area is 188 Å². The zero-order valence-electron chi connectivity index (χ0n) is 17.4. The van der Waals surface area contributed by atoms with Gasteiger partial charge in [0.2, 0.25) is 5.56 Å². The van der Waals surface area contributed by atoms with E-state index >= 15 is 0 Å². The van der Waals surface area contributed by atoms with E-state index in [2.05, 4.69) is 10.3 Å². The maximum atomic E-state index is 13.8. The molecule has 2 N–H and O–H groups in total. The number of H-pyrrole nitrogens is 1. The first-order valence-electron chi connectivity index (χ1n) is 9.92. The van der Waals surface area contributed by atoms with Crippen molar-refractivity contribution in [3.8, 4) is 11.5 Å². The molecule has 1 amide bonds. The standard InChI is InChI=1S/C23H16F6N2O3/c1-11-6-12(24)2-3-18(11)34-19-9-16(23(27,28)29)14(17-10-22(17,25)26)8-15(19)21(33)31-13-4-5-30-20(32)7-13/h2-9,17H,10H2,1H3,(H2,30,31,32,33). The smallest absolute Gasteiger partial charge is 0.416 e. The summed E-state index contributed by atoms with van der Waals surface area (Å²) >= 11 is 0. The molecule has 0 saturated heterocycles. The van der Waals surface area contributed by atoms with Crippen LogP contribution < -0.4 is 15.6 Å². The van der Waals surface area contributed by atoms with Crippen molar-refractivity contribution in [1.29, 1.82) is 0 Å². The molecule has 4 rings (SSSR count). The Hall–Kier alpha value is -3.76. The van der Waals surface area contributed by atoms with Crippen molar-refractivity contribution in [2.75, 3.05) is 5.32 Å². The van der Waals surface area contributed by atoms with Gasteiger partial charge in [0.15, 0.2) is 0 Å². The van der Waals surface area contributed by atoms with Crippen LogP contribution >= 0.6 is 0 Å². The number of carbonyl (C=O) groups excluding carboxylic acids is 1. The van der Waals surface area contributed by atoms with Crippen LogP contribution in [0.4, 0.5) is 32.0 Å². The highest BCUT2D eigenvalue weighted by Gasteiger charge is 2.59. The molecule has 1 unspecified atom stereocenters. The van der Waals surface area contributed by atoms with E-state index < -0.39 is 64.2 Å². The van der Waals surface area contributed by atoms with Gasteiger partial charge < -0.3 is 15.0 Å². The third-order valence-electron chi connectivity index (χ3n) is 5.29. The quantitative estimate of drug-likeness (QED) is 0.438. The number of pyridine rings is 1. The van der Waals surface area contributed by atoms with E-state index in [1.54, 1.807) is 0 Å². The van der Waals surface area contributed by atoms with Gasteiger partial charge in [-0.25, -0.2) is 13.2 Å². The molecule has 0 aliphatic heterocycles. The predicted octanol–water partition coefficient (Wildman–Crippen LogP) is 6.01. The summed E-state index contributed by atoms with van der Waals surface area (Å²) in [5.41, 5.74) is -2.87. The van der Waals surface area contributed by atoms with Crippen molar-refractivity contribution < 1.29 is 35.9 Å². The molecule has 0 bridgehead atoms. The molecule has 11 heteroatoms. The monoisotopic (exact) mass is 482 g/mol. The Kier molecular flexibility index (Phi) is 5.66. The Morgan fingerprint density at radius 1 is 1.12 bits per heavy atom. The van der Waals surface area contributed by atoms with Crippen LogP contribution in [0.2, 0.25) is 0 Å². The number of benzene rings is 2. The number of halogens is 6. The molecule has 5 nitrogen and oxygen atoms in total. The highest BCUT2D eigenvalue weighted by molar-refractivity contribution is 6.06. The van der Waals surface area contributed by atoms with Gasteiger partial charge in [0.25, 0.3) is 11.8 Å². The number of hydrogen-bond donors (Lipinski definition) is 2. The lowest BCUT2D eigenvalue weighted by molar-refractivity contribution is -0.138. The van der Waals surface area contributed by atoms with Crippen LogP contribution in [-0.2, 0) is 6.18 Å². The minimum atomic E-state index is -5.01. The van der Waals surface area contributed by atoms with Gasteiger partial charge in [-0.05, 0) is 54.4 Å². The number of aromatic amines is 1. The van der Waals surface area contributed by atoms with Crippen molar-refractivity contribution >= 4 is 11.6 Å². The maximum Gasteiger partial charge on any atom is 0.416 e. The second kappa shape index (κ2) is 8.23. The second-order valence-corrected chi connectivity index (χ2v) is 7.86. The van der Waals surface area contributed by atoms with Crippen molar-refractivity contribution in [2.24, 2.45) is 0 Å². The van der Waals surface area contributed by atoms with Gasteiger partial charge in [-0.1, -0.05) is 0 Å². The fourth-order valence-corrected chi connectivity index (χ4v) is 3.51. The number of amides is 1. The predicted molar refractivity (Wildman–Crippen MR) is 110 cm³/mol. The molecule has 1 aliphatic carbocycles. The van der Waals surface area contributed by atoms with E-state index in [1.165, 1.54) is 25.3 Å². The number of nitrogens with one attached hydrogen (secondary N) is 2. The van der Waals surface area contributed by atoms with Crippen LogP contribution in [0.3, 0.4) is 0 Å². The van der Waals surface area contributed by atoms with Crippen molar-refractivity contribution in [3.63, 3.8) is 0 Å². The van der Waals surface area contributed by atoms with Crippen LogP contribution in [0.5, 0.6) is 11.5 Å². The SMILES string of the molecule is Cc1cc(F)ccc1Oc1cc(C(F)(F)F)c(C2CC2(F)F)cc1C(=O)Nc1cc[nH]c(=O)c1. The molecule has 3 aromatic rings. The minimum Gasteiger partial charge on any atom is -0.456 e. The van der Waals surface area contributed by atoms with Gasteiger partial charge in [0, 0.05) is 24.4 Å². The minimum absolute atomic E-state index is 0.0239. The summed E-state index contributed by atoms with van der Waals surface area (Å²) in [4.78, 5) is 26.8. The third-order valence-corrected chi connectivity index (χ3v) is 5.29. The average molecular weight is 482 g/mol. The second-order valence-electron chi connectivity index (χ2n) is 7.86. The number of alkyl halides is 5. The highest BCUT2D eigenvalue weighted by atomic mass is 19.4. The maximum absolute atomic E-state index is 13.8. The summed E-state index contributed by atoms with van der Waals surface area (Å²) in [6.45, 7) is 1.44. The molecule has 1 heterocycles. The van der Waals surface area contributed by atoms with Crippen molar-refractivity contribution in [1.82, 2.24) is 4.98 Å². The molecular weight excluding hydrogens is 466 g/mol.